The van der Waals surface area contributed by atoms with Crippen molar-refractivity contribution in [3.8, 4) is 5.75 Å². The summed E-state index contributed by atoms with van der Waals surface area (Å²) in [6.07, 6.45) is 1.64. The summed E-state index contributed by atoms with van der Waals surface area (Å²) in [5, 5.41) is 9.48. The fourth-order valence-electron chi connectivity index (χ4n) is 3.23. The van der Waals surface area contributed by atoms with Gasteiger partial charge in [-0.3, -0.25) is 5.43 Å². The predicted octanol–water partition coefficient (Wildman–Crippen LogP) is 5.69. The molecule has 4 rings (SSSR count). The quantitative estimate of drug-likeness (QED) is 0.138. The molecule has 5 nitrogen and oxygen atoms in total. The molecule has 4 aromatic carbocycles. The summed E-state index contributed by atoms with van der Waals surface area (Å²) in [5.74, 6) is 0.0714. The first-order valence-electron chi connectivity index (χ1n) is 10.1. The molecule has 0 aromatic heterocycles. The van der Waals surface area contributed by atoms with Crippen molar-refractivity contribution >= 4 is 46.0 Å². The van der Waals surface area contributed by atoms with Crippen molar-refractivity contribution in [1.82, 2.24) is 5.43 Å². The third-order valence-electron chi connectivity index (χ3n) is 4.76. The summed E-state index contributed by atoms with van der Waals surface area (Å²) in [7, 11) is 0. The zero-order chi connectivity index (χ0) is 22.3. The average Bonchev–Trinajstić information content (AvgIpc) is 2.80. The van der Waals surface area contributed by atoms with Crippen molar-refractivity contribution in [2.75, 3.05) is 5.32 Å². The number of nitrogens with zero attached hydrogens (tertiary/aromatic N) is 1. The molecule has 0 saturated carbocycles. The lowest BCUT2D eigenvalue weighted by Gasteiger charge is -2.08. The van der Waals surface area contributed by atoms with Crippen LogP contribution in [0.3, 0.4) is 0 Å². The number of hydrogen-bond acceptors (Lipinski definition) is 4. The Hall–Kier alpha value is -4.03. The van der Waals surface area contributed by atoms with Crippen molar-refractivity contribution in [3.63, 3.8) is 0 Å². The first-order chi connectivity index (χ1) is 15.6. The van der Waals surface area contributed by atoms with Gasteiger partial charge in [-0.2, -0.15) is 5.10 Å². The van der Waals surface area contributed by atoms with Crippen molar-refractivity contribution < 1.29 is 9.53 Å². The van der Waals surface area contributed by atoms with E-state index in [4.69, 9.17) is 17.0 Å². The number of nitrogens with one attached hydrogen (secondary N) is 2. The highest BCUT2D eigenvalue weighted by Gasteiger charge is 2.12. The lowest BCUT2D eigenvalue weighted by atomic mass is 10.0. The van der Waals surface area contributed by atoms with Gasteiger partial charge in [0.2, 0.25) is 0 Å². The fourth-order valence-corrected chi connectivity index (χ4v) is 3.41. The molecule has 0 aliphatic carbocycles. The van der Waals surface area contributed by atoms with Crippen LogP contribution in [0.4, 0.5) is 5.69 Å². The molecule has 0 heterocycles. The lowest BCUT2D eigenvalue weighted by Crippen LogP contribution is -2.23. The van der Waals surface area contributed by atoms with Crippen molar-refractivity contribution in [3.05, 3.63) is 108 Å². The van der Waals surface area contributed by atoms with E-state index in [1.165, 1.54) is 0 Å². The van der Waals surface area contributed by atoms with E-state index in [1.54, 1.807) is 24.4 Å². The number of carbonyl (C=O) groups is 1. The van der Waals surface area contributed by atoms with Crippen molar-refractivity contribution in [2.45, 2.75) is 6.92 Å². The Morgan fingerprint density at radius 1 is 0.938 bits per heavy atom. The second-order valence-corrected chi connectivity index (χ2v) is 7.59. The normalized spacial score (nSPS) is 10.8. The Bertz CT molecular complexity index is 1290. The number of fused-ring (bicyclic) bond motifs is 1. The first-order valence-corrected chi connectivity index (χ1v) is 10.5. The minimum absolute atomic E-state index is 0.391. The number of esters is 1. The topological polar surface area (TPSA) is 62.7 Å². The Kier molecular flexibility index (Phi) is 6.53. The molecule has 6 heteroatoms. The zero-order valence-electron chi connectivity index (χ0n) is 17.4. The average molecular weight is 440 g/mol. The number of anilines is 1. The molecule has 0 saturated heterocycles. The van der Waals surface area contributed by atoms with Gasteiger partial charge in [-0.25, -0.2) is 4.79 Å². The van der Waals surface area contributed by atoms with Crippen LogP contribution in [0.1, 0.15) is 21.5 Å². The standard InChI is InChI=1S/C26H21N3O2S/c1-18-6-4-9-21(16-18)28-26(32)29-27-17-19-12-14-22(15-13-19)31-25(30)24-11-5-8-20-7-2-3-10-23(20)24/h2-17H,1H3,(H2,28,29,32). The van der Waals surface area contributed by atoms with Gasteiger partial charge in [0.25, 0.3) is 0 Å². The van der Waals surface area contributed by atoms with E-state index in [2.05, 4.69) is 15.8 Å². The number of hydrogen-bond donors (Lipinski definition) is 2. The number of thiocarbonyl (C=S) groups is 1. The SMILES string of the molecule is Cc1cccc(NC(=S)NN=Cc2ccc(OC(=O)c3cccc4ccccc34)cc2)c1. The molecular weight excluding hydrogens is 418 g/mol. The Balaban J connectivity index is 1.34. The Morgan fingerprint density at radius 3 is 2.50 bits per heavy atom. The highest BCUT2D eigenvalue weighted by atomic mass is 32.1. The van der Waals surface area contributed by atoms with E-state index in [9.17, 15) is 4.79 Å². The summed E-state index contributed by atoms with van der Waals surface area (Å²) < 4.78 is 5.55. The molecule has 0 fully saturated rings. The van der Waals surface area contributed by atoms with Crippen LogP contribution in [-0.4, -0.2) is 17.3 Å². The van der Waals surface area contributed by atoms with Crippen molar-refractivity contribution in [2.24, 2.45) is 5.10 Å². The molecule has 4 aromatic rings. The lowest BCUT2D eigenvalue weighted by molar-refractivity contribution is 0.0737. The van der Waals surface area contributed by atoms with Gasteiger partial charge in [0.05, 0.1) is 11.8 Å². The third kappa shape index (κ3) is 5.36. The third-order valence-corrected chi connectivity index (χ3v) is 4.95. The van der Waals surface area contributed by atoms with Gasteiger partial charge < -0.3 is 10.1 Å². The van der Waals surface area contributed by atoms with E-state index in [1.807, 2.05) is 79.7 Å². The van der Waals surface area contributed by atoms with E-state index in [0.29, 0.717) is 16.4 Å². The predicted molar refractivity (Wildman–Crippen MR) is 133 cm³/mol. The Morgan fingerprint density at radius 2 is 1.69 bits per heavy atom. The van der Waals surface area contributed by atoms with Crippen LogP contribution in [0.25, 0.3) is 10.8 Å². The summed E-state index contributed by atoms with van der Waals surface area (Å²) >= 11 is 5.25. The minimum Gasteiger partial charge on any atom is -0.423 e. The summed E-state index contributed by atoms with van der Waals surface area (Å²) in [6.45, 7) is 2.02. The van der Waals surface area contributed by atoms with E-state index < -0.39 is 5.97 Å². The van der Waals surface area contributed by atoms with Gasteiger partial charge in [-0.15, -0.1) is 0 Å². The summed E-state index contributed by atoms with van der Waals surface area (Å²) in [5.41, 5.74) is 6.20. The van der Waals surface area contributed by atoms with Gasteiger partial charge in [0, 0.05) is 5.69 Å². The van der Waals surface area contributed by atoms with Crippen LogP contribution in [0, 0.1) is 6.92 Å². The monoisotopic (exact) mass is 439 g/mol. The molecule has 0 unspecified atom stereocenters. The molecule has 0 amide bonds. The number of aryl methyl sites for hydroxylation is 1. The van der Waals surface area contributed by atoms with Crippen LogP contribution < -0.4 is 15.5 Å². The number of carbonyl (C=O) groups excluding carboxylic acids is 1. The molecule has 0 bridgehead atoms. The summed E-state index contributed by atoms with van der Waals surface area (Å²) in [6, 6.07) is 28.3. The van der Waals surface area contributed by atoms with Crippen LogP contribution in [0.15, 0.2) is 96.1 Å². The zero-order valence-corrected chi connectivity index (χ0v) is 18.2. The van der Waals surface area contributed by atoms with E-state index in [0.717, 1.165) is 27.6 Å². The molecule has 32 heavy (non-hydrogen) atoms. The van der Waals surface area contributed by atoms with Crippen LogP contribution in [0.5, 0.6) is 5.75 Å². The minimum atomic E-state index is -0.391. The second-order valence-electron chi connectivity index (χ2n) is 7.18. The fraction of sp³-hybridized carbons (Fsp3) is 0.0385. The first kappa shape index (κ1) is 21.2. The van der Waals surface area contributed by atoms with Crippen molar-refractivity contribution in [1.29, 1.82) is 0 Å². The summed E-state index contributed by atoms with van der Waals surface area (Å²) in [4.78, 5) is 12.7. The molecule has 0 aliphatic heterocycles. The molecular formula is C26H21N3O2S. The van der Waals surface area contributed by atoms with Crippen LogP contribution in [0.2, 0.25) is 0 Å². The maximum atomic E-state index is 12.7. The smallest absolute Gasteiger partial charge is 0.344 e. The number of ether oxygens (including phenoxy) is 1. The maximum absolute atomic E-state index is 12.7. The molecule has 2 N–H and O–H groups in total. The molecule has 158 valence electrons. The van der Waals surface area contributed by atoms with Crippen LogP contribution in [-0.2, 0) is 0 Å². The Labute approximate surface area is 191 Å². The van der Waals surface area contributed by atoms with Crippen LogP contribution >= 0.6 is 12.2 Å². The number of benzene rings is 4. The second kappa shape index (κ2) is 9.85. The van der Waals surface area contributed by atoms with Gasteiger partial charge in [0.1, 0.15) is 5.75 Å². The molecule has 0 atom stereocenters. The number of rotatable bonds is 5. The molecule has 0 radical (unpaired) electrons. The molecule has 0 spiro atoms. The van der Waals surface area contributed by atoms with Gasteiger partial charge in [-0.1, -0.05) is 48.5 Å². The molecule has 0 aliphatic rings. The van der Waals surface area contributed by atoms with E-state index in [-0.39, 0.29) is 0 Å². The van der Waals surface area contributed by atoms with Gasteiger partial charge in [-0.05, 0) is 83.5 Å². The highest BCUT2D eigenvalue weighted by molar-refractivity contribution is 7.80. The highest BCUT2D eigenvalue weighted by Crippen LogP contribution is 2.21. The van der Waals surface area contributed by atoms with Gasteiger partial charge in [0.15, 0.2) is 5.11 Å². The largest absolute Gasteiger partial charge is 0.423 e. The number of hydrazone groups is 1. The van der Waals surface area contributed by atoms with E-state index >= 15 is 0 Å². The maximum Gasteiger partial charge on any atom is 0.344 e. The van der Waals surface area contributed by atoms with Gasteiger partial charge >= 0.3 is 5.97 Å².